The van der Waals surface area contributed by atoms with Crippen molar-refractivity contribution in [2.75, 3.05) is 25.1 Å². The number of amides is 1. The molecule has 0 aromatic heterocycles. The predicted octanol–water partition coefficient (Wildman–Crippen LogP) is 2.75. The Morgan fingerprint density at radius 2 is 1.84 bits per heavy atom. The second-order valence-electron chi connectivity index (χ2n) is 6.71. The first-order valence-electron chi connectivity index (χ1n) is 8.61. The van der Waals surface area contributed by atoms with Crippen LogP contribution in [0.3, 0.4) is 0 Å². The number of nitrogens with one attached hydrogen (secondary N) is 1. The van der Waals surface area contributed by atoms with Crippen LogP contribution in [0.25, 0.3) is 0 Å². The van der Waals surface area contributed by atoms with Crippen LogP contribution in [0.4, 0.5) is 5.69 Å². The van der Waals surface area contributed by atoms with E-state index in [1.54, 1.807) is 7.11 Å². The van der Waals surface area contributed by atoms with E-state index in [1.165, 1.54) is 0 Å². The van der Waals surface area contributed by atoms with Gasteiger partial charge in [0.05, 0.1) is 12.8 Å². The van der Waals surface area contributed by atoms with Gasteiger partial charge in [-0.3, -0.25) is 4.79 Å². The highest BCUT2D eigenvalue weighted by Gasteiger charge is 2.30. The Hall–Kier alpha value is -1.17. The molecule has 1 aliphatic carbocycles. The lowest BCUT2D eigenvalue weighted by Gasteiger charge is -2.35. The third-order valence-corrected chi connectivity index (χ3v) is 5.11. The van der Waals surface area contributed by atoms with Crippen molar-refractivity contribution in [1.29, 1.82) is 0 Å². The molecule has 1 saturated heterocycles. The quantitative estimate of drug-likeness (QED) is 0.830. The van der Waals surface area contributed by atoms with Gasteiger partial charge in [-0.2, -0.15) is 0 Å². The van der Waals surface area contributed by atoms with Crippen molar-refractivity contribution in [1.82, 2.24) is 5.32 Å². The fraction of sp³-hybridized carbons (Fsp3) is 0.611. The number of benzene rings is 1. The molecule has 0 bridgehead atoms. The molecule has 2 fully saturated rings. The fourth-order valence-electron chi connectivity index (χ4n) is 3.73. The van der Waals surface area contributed by atoms with Gasteiger partial charge in [-0.05, 0) is 44.2 Å². The summed E-state index contributed by atoms with van der Waals surface area (Å²) in [7, 11) is 1.71. The number of hydrogen-bond donors (Lipinski definition) is 2. The van der Waals surface area contributed by atoms with Gasteiger partial charge >= 0.3 is 0 Å². The van der Waals surface area contributed by atoms with Crippen molar-refractivity contribution in [2.45, 2.75) is 44.2 Å². The molecule has 1 heterocycles. The maximum Gasteiger partial charge on any atom is 0.223 e. The van der Waals surface area contributed by atoms with E-state index >= 15 is 0 Å². The number of nitrogens with two attached hydrogens (primary N) is 1. The number of carbonyl (C=O) groups is 1. The Labute approximate surface area is 162 Å². The van der Waals surface area contributed by atoms with E-state index in [-0.39, 0.29) is 48.7 Å². The number of carbonyl (C=O) groups excluding carboxylic acids is 1. The van der Waals surface area contributed by atoms with Crippen LogP contribution < -0.4 is 20.7 Å². The van der Waals surface area contributed by atoms with Crippen LogP contribution in [-0.2, 0) is 4.79 Å². The number of nitrogens with zero attached hydrogens (tertiary/aromatic N) is 1. The van der Waals surface area contributed by atoms with Gasteiger partial charge in [0.1, 0.15) is 5.75 Å². The molecule has 2 atom stereocenters. The maximum atomic E-state index is 12.3. The molecule has 1 saturated carbocycles. The van der Waals surface area contributed by atoms with Gasteiger partial charge < -0.3 is 20.7 Å². The van der Waals surface area contributed by atoms with Crippen LogP contribution in [0.1, 0.15) is 32.1 Å². The standard InChI is InChI=1S/C18H27N3O2.2ClH/c1-23-17-5-3-2-4-16(17)21-10-8-15(9-11-21)20-18(22)13-6-7-14(19)12-13;;/h2-5,13-15H,6-12,19H2,1H3,(H,20,22);2*1H. The predicted molar refractivity (Wildman–Crippen MR) is 106 cm³/mol. The first-order valence-corrected chi connectivity index (χ1v) is 8.61. The summed E-state index contributed by atoms with van der Waals surface area (Å²) in [6.07, 6.45) is 4.70. The second kappa shape index (κ2) is 10.1. The normalized spacial score (nSPS) is 23.4. The molecule has 25 heavy (non-hydrogen) atoms. The first kappa shape index (κ1) is 21.9. The van der Waals surface area contributed by atoms with E-state index in [4.69, 9.17) is 10.5 Å². The molecule has 1 aromatic carbocycles. The molecule has 0 radical (unpaired) electrons. The number of halogens is 2. The van der Waals surface area contributed by atoms with Crippen molar-refractivity contribution >= 4 is 36.4 Å². The third kappa shape index (κ3) is 5.40. The molecule has 1 aromatic rings. The fourth-order valence-corrected chi connectivity index (χ4v) is 3.73. The largest absolute Gasteiger partial charge is 0.495 e. The second-order valence-corrected chi connectivity index (χ2v) is 6.71. The summed E-state index contributed by atoms with van der Waals surface area (Å²) >= 11 is 0. The molecule has 142 valence electrons. The van der Waals surface area contributed by atoms with Gasteiger partial charge in [0, 0.05) is 31.1 Å². The van der Waals surface area contributed by atoms with E-state index in [1.807, 2.05) is 18.2 Å². The molecule has 2 aliphatic rings. The summed E-state index contributed by atoms with van der Waals surface area (Å²) < 4.78 is 5.44. The van der Waals surface area contributed by atoms with Crippen molar-refractivity contribution < 1.29 is 9.53 Å². The Bertz CT molecular complexity index is 551. The average Bonchev–Trinajstić information content (AvgIpc) is 3.02. The number of ether oxygens (including phenoxy) is 1. The van der Waals surface area contributed by atoms with Crippen LogP contribution in [0.15, 0.2) is 24.3 Å². The molecular weight excluding hydrogens is 361 g/mol. The van der Waals surface area contributed by atoms with Crippen molar-refractivity contribution in [3.05, 3.63) is 24.3 Å². The van der Waals surface area contributed by atoms with E-state index in [0.29, 0.717) is 0 Å². The number of para-hydroxylation sites is 2. The van der Waals surface area contributed by atoms with Gasteiger partial charge in [0.25, 0.3) is 0 Å². The van der Waals surface area contributed by atoms with E-state index in [9.17, 15) is 4.79 Å². The monoisotopic (exact) mass is 389 g/mol. The topological polar surface area (TPSA) is 67.6 Å². The van der Waals surface area contributed by atoms with Crippen LogP contribution in [-0.4, -0.2) is 38.2 Å². The zero-order valence-corrected chi connectivity index (χ0v) is 16.3. The third-order valence-electron chi connectivity index (χ3n) is 5.11. The van der Waals surface area contributed by atoms with Crippen molar-refractivity contribution in [3.8, 4) is 5.75 Å². The molecule has 3 rings (SSSR count). The van der Waals surface area contributed by atoms with Gasteiger partial charge in [0.2, 0.25) is 5.91 Å². The van der Waals surface area contributed by atoms with E-state index < -0.39 is 0 Å². The van der Waals surface area contributed by atoms with Gasteiger partial charge in [-0.15, -0.1) is 24.8 Å². The van der Waals surface area contributed by atoms with Crippen LogP contribution in [0.2, 0.25) is 0 Å². The lowest BCUT2D eigenvalue weighted by Crippen LogP contribution is -2.46. The number of hydrogen-bond acceptors (Lipinski definition) is 4. The van der Waals surface area contributed by atoms with Gasteiger partial charge in [-0.1, -0.05) is 12.1 Å². The Kier molecular flexibility index (Phi) is 8.83. The summed E-state index contributed by atoms with van der Waals surface area (Å²) in [6, 6.07) is 8.60. The molecular formula is C18H29Cl2N3O2. The average molecular weight is 390 g/mol. The summed E-state index contributed by atoms with van der Waals surface area (Å²) in [5.41, 5.74) is 7.05. The van der Waals surface area contributed by atoms with Crippen molar-refractivity contribution in [2.24, 2.45) is 11.7 Å². The minimum absolute atomic E-state index is 0. The number of anilines is 1. The van der Waals surface area contributed by atoms with Gasteiger partial charge in [0.15, 0.2) is 0 Å². The maximum absolute atomic E-state index is 12.3. The Balaban J connectivity index is 0.00000156. The smallest absolute Gasteiger partial charge is 0.223 e. The summed E-state index contributed by atoms with van der Waals surface area (Å²) in [5, 5.41) is 3.23. The van der Waals surface area contributed by atoms with Crippen molar-refractivity contribution in [3.63, 3.8) is 0 Å². The Morgan fingerprint density at radius 3 is 2.44 bits per heavy atom. The lowest BCUT2D eigenvalue weighted by atomic mass is 10.0. The van der Waals surface area contributed by atoms with Crippen LogP contribution >= 0.6 is 24.8 Å². The van der Waals surface area contributed by atoms with E-state index in [0.717, 1.165) is 56.6 Å². The highest BCUT2D eigenvalue weighted by atomic mass is 35.5. The van der Waals surface area contributed by atoms with Gasteiger partial charge in [-0.25, -0.2) is 0 Å². The number of methoxy groups -OCH3 is 1. The first-order chi connectivity index (χ1) is 11.2. The van der Waals surface area contributed by atoms with Crippen LogP contribution in [0.5, 0.6) is 5.75 Å². The van der Waals surface area contributed by atoms with Crippen LogP contribution in [0, 0.1) is 5.92 Å². The minimum Gasteiger partial charge on any atom is -0.495 e. The number of piperidine rings is 1. The molecule has 1 aliphatic heterocycles. The zero-order valence-electron chi connectivity index (χ0n) is 14.6. The molecule has 7 heteroatoms. The lowest BCUT2D eigenvalue weighted by molar-refractivity contribution is -0.125. The SMILES string of the molecule is COc1ccccc1N1CCC(NC(=O)C2CCC(N)C2)CC1.Cl.Cl. The highest BCUT2D eigenvalue weighted by molar-refractivity contribution is 5.85. The van der Waals surface area contributed by atoms with E-state index in [2.05, 4.69) is 16.3 Å². The summed E-state index contributed by atoms with van der Waals surface area (Å²) in [6.45, 7) is 1.88. The highest BCUT2D eigenvalue weighted by Crippen LogP contribution is 2.30. The number of rotatable bonds is 4. The summed E-state index contributed by atoms with van der Waals surface area (Å²) in [4.78, 5) is 14.7. The minimum atomic E-state index is 0. The zero-order chi connectivity index (χ0) is 16.2. The summed E-state index contributed by atoms with van der Waals surface area (Å²) in [5.74, 6) is 1.24. The molecule has 5 nitrogen and oxygen atoms in total. The molecule has 1 amide bonds. The molecule has 3 N–H and O–H groups in total. The molecule has 2 unspecified atom stereocenters. The molecule has 0 spiro atoms. The Morgan fingerprint density at radius 1 is 1.16 bits per heavy atom.